The molecule has 3 aromatic rings. The van der Waals surface area contributed by atoms with Gasteiger partial charge in [0.15, 0.2) is 11.0 Å². The third-order valence-electron chi connectivity index (χ3n) is 4.33. The lowest BCUT2D eigenvalue weighted by molar-refractivity contribution is -0.119. The zero-order valence-electron chi connectivity index (χ0n) is 15.8. The summed E-state index contributed by atoms with van der Waals surface area (Å²) in [6.45, 7) is 6.98. The molecule has 0 bridgehead atoms. The van der Waals surface area contributed by atoms with Crippen LogP contribution in [0.2, 0.25) is 0 Å². The molecule has 1 aromatic carbocycles. The summed E-state index contributed by atoms with van der Waals surface area (Å²) in [7, 11) is 0. The van der Waals surface area contributed by atoms with E-state index in [9.17, 15) is 4.79 Å². The van der Waals surface area contributed by atoms with Gasteiger partial charge in [-0.05, 0) is 37.3 Å². The number of hydrogen-bond acceptors (Lipinski definition) is 5. The summed E-state index contributed by atoms with van der Waals surface area (Å²) in [4.78, 5) is 13.6. The van der Waals surface area contributed by atoms with E-state index in [4.69, 9.17) is 0 Å². The van der Waals surface area contributed by atoms with Crippen molar-refractivity contribution in [1.82, 2.24) is 20.1 Å². The molecule has 1 amide bonds. The molecule has 2 aromatic heterocycles. The third-order valence-corrected chi connectivity index (χ3v) is 6.16. The molecular formula is C20H24N4OS2. The molecule has 142 valence electrons. The Balaban J connectivity index is 1.63. The highest BCUT2D eigenvalue weighted by atomic mass is 32.2. The number of nitrogens with zero attached hydrogens (tertiary/aromatic N) is 3. The van der Waals surface area contributed by atoms with Crippen LogP contribution in [-0.2, 0) is 11.3 Å². The minimum Gasteiger partial charge on any atom is -0.349 e. The molecule has 2 heterocycles. The summed E-state index contributed by atoms with van der Waals surface area (Å²) >= 11 is 3.07. The second-order valence-electron chi connectivity index (χ2n) is 6.26. The Morgan fingerprint density at radius 3 is 2.63 bits per heavy atom. The highest BCUT2D eigenvalue weighted by Gasteiger charge is 2.17. The zero-order valence-corrected chi connectivity index (χ0v) is 17.4. The summed E-state index contributed by atoms with van der Waals surface area (Å²) in [6, 6.07) is 12.4. The van der Waals surface area contributed by atoms with Gasteiger partial charge in [0, 0.05) is 6.54 Å². The molecule has 0 aliphatic heterocycles. The molecule has 5 nitrogen and oxygen atoms in total. The van der Waals surface area contributed by atoms with Gasteiger partial charge < -0.3 is 9.88 Å². The van der Waals surface area contributed by atoms with Gasteiger partial charge in [-0.3, -0.25) is 4.79 Å². The number of carbonyl (C=O) groups excluding carboxylic acids is 1. The standard InChI is InChI=1S/C20H24N4OS2/c1-4-16(15-10-8-14(3)9-11-15)21-18(25)13-27-20-23-22-19(24(20)5-2)17-7-6-12-26-17/h6-12,16H,4-5,13H2,1-3H3,(H,21,25)/t16-/m1/s1. The van der Waals surface area contributed by atoms with Gasteiger partial charge in [-0.15, -0.1) is 21.5 Å². The molecule has 0 aliphatic carbocycles. The van der Waals surface area contributed by atoms with Crippen LogP contribution in [0.1, 0.15) is 37.4 Å². The highest BCUT2D eigenvalue weighted by Crippen LogP contribution is 2.27. The van der Waals surface area contributed by atoms with Crippen molar-refractivity contribution in [1.29, 1.82) is 0 Å². The first-order chi connectivity index (χ1) is 13.1. The maximum Gasteiger partial charge on any atom is 0.230 e. The minimum absolute atomic E-state index is 0.00996. The number of aromatic nitrogens is 3. The summed E-state index contributed by atoms with van der Waals surface area (Å²) in [6.07, 6.45) is 0.854. The highest BCUT2D eigenvalue weighted by molar-refractivity contribution is 7.99. The maximum atomic E-state index is 12.5. The summed E-state index contributed by atoms with van der Waals surface area (Å²) in [5.41, 5.74) is 2.36. The van der Waals surface area contributed by atoms with Gasteiger partial charge in [-0.1, -0.05) is 54.6 Å². The second-order valence-corrected chi connectivity index (χ2v) is 8.15. The Labute approximate surface area is 168 Å². The molecule has 0 saturated heterocycles. The molecule has 0 saturated carbocycles. The molecular weight excluding hydrogens is 376 g/mol. The van der Waals surface area contributed by atoms with Gasteiger partial charge in [-0.25, -0.2) is 0 Å². The van der Waals surface area contributed by atoms with Crippen LogP contribution < -0.4 is 5.32 Å². The van der Waals surface area contributed by atoms with Crippen molar-refractivity contribution in [3.8, 4) is 10.7 Å². The molecule has 0 fully saturated rings. The first-order valence-corrected chi connectivity index (χ1v) is 10.9. The number of thioether (sulfide) groups is 1. The van der Waals surface area contributed by atoms with E-state index in [0.29, 0.717) is 5.75 Å². The number of thiophene rings is 1. The van der Waals surface area contributed by atoms with E-state index in [1.807, 2.05) is 17.5 Å². The molecule has 27 heavy (non-hydrogen) atoms. The molecule has 0 unspecified atom stereocenters. The van der Waals surface area contributed by atoms with Gasteiger partial charge >= 0.3 is 0 Å². The average Bonchev–Trinajstić information content (AvgIpc) is 3.34. The Kier molecular flexibility index (Phi) is 6.68. The van der Waals surface area contributed by atoms with Crippen LogP contribution in [0.15, 0.2) is 46.9 Å². The van der Waals surface area contributed by atoms with Crippen LogP contribution >= 0.6 is 23.1 Å². The first kappa shape index (κ1) is 19.6. The summed E-state index contributed by atoms with van der Waals surface area (Å²) in [5, 5.41) is 14.5. The quantitative estimate of drug-likeness (QED) is 0.557. The molecule has 0 radical (unpaired) electrons. The summed E-state index contributed by atoms with van der Waals surface area (Å²) in [5.74, 6) is 1.20. The molecule has 1 atom stereocenters. The van der Waals surface area contributed by atoms with Crippen molar-refractivity contribution in [3.05, 3.63) is 52.9 Å². The van der Waals surface area contributed by atoms with E-state index in [1.54, 1.807) is 11.3 Å². The molecule has 1 N–H and O–H groups in total. The van der Waals surface area contributed by atoms with Crippen molar-refractivity contribution in [3.63, 3.8) is 0 Å². The molecule has 7 heteroatoms. The molecule has 3 rings (SSSR count). The normalized spacial score (nSPS) is 12.1. The number of nitrogens with one attached hydrogen (secondary N) is 1. The lowest BCUT2D eigenvalue weighted by Crippen LogP contribution is -2.29. The fourth-order valence-corrected chi connectivity index (χ4v) is 4.39. The number of amides is 1. The Bertz CT molecular complexity index is 872. The number of carbonyl (C=O) groups is 1. The van der Waals surface area contributed by atoms with Crippen molar-refractivity contribution in [2.45, 2.75) is 44.9 Å². The lowest BCUT2D eigenvalue weighted by Gasteiger charge is -2.17. The SMILES string of the molecule is CC[C@@H](NC(=O)CSc1nnc(-c2cccs2)n1CC)c1ccc(C)cc1. The van der Waals surface area contributed by atoms with Crippen LogP contribution in [0.4, 0.5) is 0 Å². The number of rotatable bonds is 8. The minimum atomic E-state index is 0.00996. The maximum absolute atomic E-state index is 12.5. The number of aryl methyl sites for hydroxylation is 1. The average molecular weight is 401 g/mol. The van der Waals surface area contributed by atoms with E-state index in [-0.39, 0.29) is 11.9 Å². The van der Waals surface area contributed by atoms with Gasteiger partial charge in [0.05, 0.1) is 16.7 Å². The van der Waals surface area contributed by atoms with Crippen molar-refractivity contribution < 1.29 is 4.79 Å². The monoisotopic (exact) mass is 400 g/mol. The Hall–Kier alpha value is -2.12. The summed E-state index contributed by atoms with van der Waals surface area (Å²) < 4.78 is 2.06. The van der Waals surface area contributed by atoms with Crippen molar-refractivity contribution in [2.75, 3.05) is 5.75 Å². The fraction of sp³-hybridized carbons (Fsp3) is 0.350. The van der Waals surface area contributed by atoms with Gasteiger partial charge in [0.2, 0.25) is 5.91 Å². The van der Waals surface area contributed by atoms with E-state index < -0.39 is 0 Å². The zero-order chi connectivity index (χ0) is 19.2. The second kappa shape index (κ2) is 9.19. The van der Waals surface area contributed by atoms with Crippen molar-refractivity contribution >= 4 is 29.0 Å². The first-order valence-electron chi connectivity index (χ1n) is 9.08. The van der Waals surface area contributed by atoms with Crippen LogP contribution in [0.5, 0.6) is 0 Å². The fourth-order valence-electron chi connectivity index (χ4n) is 2.85. The van der Waals surface area contributed by atoms with Crippen LogP contribution in [-0.4, -0.2) is 26.4 Å². The van der Waals surface area contributed by atoms with E-state index >= 15 is 0 Å². The molecule has 0 aliphatic rings. The predicted molar refractivity (Wildman–Crippen MR) is 112 cm³/mol. The van der Waals surface area contributed by atoms with Gasteiger partial charge in [-0.2, -0.15) is 0 Å². The number of hydrogen-bond donors (Lipinski definition) is 1. The number of benzene rings is 1. The largest absolute Gasteiger partial charge is 0.349 e. The van der Waals surface area contributed by atoms with E-state index in [1.165, 1.54) is 17.3 Å². The Morgan fingerprint density at radius 2 is 2.00 bits per heavy atom. The van der Waals surface area contributed by atoms with Crippen LogP contribution in [0, 0.1) is 6.92 Å². The van der Waals surface area contributed by atoms with E-state index in [0.717, 1.165) is 34.4 Å². The van der Waals surface area contributed by atoms with E-state index in [2.05, 4.69) is 65.1 Å². The molecule has 0 spiro atoms. The topological polar surface area (TPSA) is 59.8 Å². The van der Waals surface area contributed by atoms with Crippen LogP contribution in [0.25, 0.3) is 10.7 Å². The smallest absolute Gasteiger partial charge is 0.230 e. The van der Waals surface area contributed by atoms with Crippen molar-refractivity contribution in [2.24, 2.45) is 0 Å². The third kappa shape index (κ3) is 4.78. The van der Waals surface area contributed by atoms with Crippen LogP contribution in [0.3, 0.4) is 0 Å². The Morgan fingerprint density at radius 1 is 1.22 bits per heavy atom. The lowest BCUT2D eigenvalue weighted by atomic mass is 10.0. The predicted octanol–water partition coefficient (Wildman–Crippen LogP) is 4.69. The van der Waals surface area contributed by atoms with Gasteiger partial charge in [0.25, 0.3) is 0 Å². The van der Waals surface area contributed by atoms with Gasteiger partial charge in [0.1, 0.15) is 0 Å².